The second-order valence-electron chi connectivity index (χ2n) is 6.30. The van der Waals surface area contributed by atoms with E-state index in [1.165, 1.54) is 6.07 Å². The summed E-state index contributed by atoms with van der Waals surface area (Å²) >= 11 is 0. The molecule has 7 heteroatoms. The van der Waals surface area contributed by atoms with Crippen molar-refractivity contribution in [3.05, 3.63) is 39.9 Å². The quantitative estimate of drug-likeness (QED) is 0.398. The number of rotatable bonds is 3. The van der Waals surface area contributed by atoms with Crippen molar-refractivity contribution < 1.29 is 9.66 Å². The average Bonchev–Trinajstić information content (AvgIpc) is 3.19. The number of ether oxygens (including phenoxy) is 1. The zero-order valence-corrected chi connectivity index (χ0v) is 13.3. The van der Waals surface area contributed by atoms with Crippen molar-refractivity contribution in [2.45, 2.75) is 19.4 Å². The number of non-ortho nitro benzene ring substituents is 1. The fraction of sp³-hybridized carbons (Fsp3) is 0.562. The number of nitro groups is 1. The van der Waals surface area contributed by atoms with Gasteiger partial charge in [-0.2, -0.15) is 0 Å². The number of nitro benzene ring substituents is 1. The summed E-state index contributed by atoms with van der Waals surface area (Å²) < 4.78 is 5.56. The Hall–Kier alpha value is -2.15. The van der Waals surface area contributed by atoms with Crippen LogP contribution in [-0.2, 0) is 11.3 Å². The van der Waals surface area contributed by atoms with Crippen molar-refractivity contribution in [3.63, 3.8) is 0 Å². The molecule has 0 saturated carbocycles. The first kappa shape index (κ1) is 15.7. The Labute approximate surface area is 135 Å². The highest BCUT2D eigenvalue weighted by Gasteiger charge is 2.42. The van der Waals surface area contributed by atoms with Gasteiger partial charge in [0.15, 0.2) is 5.96 Å². The Bertz CT molecular complexity index is 611. The molecule has 2 aliphatic rings. The lowest BCUT2D eigenvalue weighted by atomic mass is 9.87. The van der Waals surface area contributed by atoms with Crippen molar-refractivity contribution in [1.29, 1.82) is 0 Å². The van der Waals surface area contributed by atoms with Crippen molar-refractivity contribution in [1.82, 2.24) is 10.2 Å². The van der Waals surface area contributed by atoms with Gasteiger partial charge in [0.05, 0.1) is 11.5 Å². The molecule has 0 bridgehead atoms. The van der Waals surface area contributed by atoms with Crippen LogP contribution in [0.5, 0.6) is 0 Å². The minimum atomic E-state index is -0.372. The van der Waals surface area contributed by atoms with Gasteiger partial charge in [-0.05, 0) is 18.4 Å². The fourth-order valence-electron chi connectivity index (χ4n) is 3.38. The maximum Gasteiger partial charge on any atom is 0.269 e. The molecule has 7 nitrogen and oxygen atoms in total. The maximum atomic E-state index is 10.8. The zero-order valence-electron chi connectivity index (χ0n) is 13.3. The molecule has 1 unspecified atom stereocenters. The lowest BCUT2D eigenvalue weighted by Gasteiger charge is -2.25. The van der Waals surface area contributed by atoms with Crippen LogP contribution < -0.4 is 5.32 Å². The van der Waals surface area contributed by atoms with Gasteiger partial charge in [-0.1, -0.05) is 12.1 Å². The second-order valence-corrected chi connectivity index (χ2v) is 6.30. The van der Waals surface area contributed by atoms with E-state index in [2.05, 4.69) is 15.2 Å². The minimum absolute atomic E-state index is 0.113. The summed E-state index contributed by atoms with van der Waals surface area (Å²) in [6, 6.07) is 6.68. The number of guanidine groups is 1. The Morgan fingerprint density at radius 3 is 3.09 bits per heavy atom. The number of hydrogen-bond acceptors (Lipinski definition) is 4. The van der Waals surface area contributed by atoms with Crippen LogP contribution in [0, 0.1) is 15.5 Å². The van der Waals surface area contributed by atoms with Gasteiger partial charge in [0, 0.05) is 50.8 Å². The van der Waals surface area contributed by atoms with E-state index < -0.39 is 0 Å². The lowest BCUT2D eigenvalue weighted by Crippen LogP contribution is -2.41. The molecule has 0 aromatic heterocycles. The molecule has 0 aliphatic carbocycles. The summed E-state index contributed by atoms with van der Waals surface area (Å²) in [5.41, 5.74) is 1.27. The standard InChI is InChI=1S/C16H22N4O3/c1-17-15(19-7-5-16(11-19)6-8-23-12-16)18-10-13-3-2-4-14(9-13)20(21)22/h2-4,9H,5-8,10-12H2,1H3,(H,17,18). The van der Waals surface area contributed by atoms with Crippen LogP contribution in [0.2, 0.25) is 0 Å². The lowest BCUT2D eigenvalue weighted by molar-refractivity contribution is -0.384. The molecule has 23 heavy (non-hydrogen) atoms. The third-order valence-corrected chi connectivity index (χ3v) is 4.71. The smallest absolute Gasteiger partial charge is 0.269 e. The maximum absolute atomic E-state index is 10.8. The predicted octanol–water partition coefficient (Wildman–Crippen LogP) is 1.78. The zero-order chi connectivity index (χ0) is 16.3. The van der Waals surface area contributed by atoms with E-state index in [1.807, 2.05) is 6.07 Å². The van der Waals surface area contributed by atoms with E-state index >= 15 is 0 Å². The Balaban J connectivity index is 1.60. The van der Waals surface area contributed by atoms with Crippen LogP contribution >= 0.6 is 0 Å². The van der Waals surface area contributed by atoms with Crippen LogP contribution in [-0.4, -0.2) is 49.1 Å². The number of aliphatic imine (C=N–C) groups is 1. The highest BCUT2D eigenvalue weighted by Crippen LogP contribution is 2.38. The number of benzene rings is 1. The van der Waals surface area contributed by atoms with Crippen LogP contribution in [0.25, 0.3) is 0 Å². The number of nitrogens with zero attached hydrogens (tertiary/aromatic N) is 3. The van der Waals surface area contributed by atoms with Crippen molar-refractivity contribution in [2.75, 3.05) is 33.4 Å². The summed E-state index contributed by atoms with van der Waals surface area (Å²) in [5.74, 6) is 0.847. The van der Waals surface area contributed by atoms with E-state index in [1.54, 1.807) is 19.2 Å². The van der Waals surface area contributed by atoms with E-state index in [0.29, 0.717) is 6.54 Å². The van der Waals surface area contributed by atoms with Gasteiger partial charge in [0.2, 0.25) is 0 Å². The predicted molar refractivity (Wildman–Crippen MR) is 87.4 cm³/mol. The fourth-order valence-corrected chi connectivity index (χ4v) is 3.38. The molecule has 124 valence electrons. The third kappa shape index (κ3) is 3.44. The van der Waals surface area contributed by atoms with Crippen molar-refractivity contribution in [2.24, 2.45) is 10.4 Å². The molecule has 2 fully saturated rings. The minimum Gasteiger partial charge on any atom is -0.381 e. The molecule has 1 aromatic carbocycles. The molecule has 2 aliphatic heterocycles. The molecular formula is C16H22N4O3. The molecule has 1 atom stereocenters. The molecule has 2 heterocycles. The summed E-state index contributed by atoms with van der Waals surface area (Å²) in [4.78, 5) is 17.1. The first-order chi connectivity index (χ1) is 11.1. The first-order valence-electron chi connectivity index (χ1n) is 7.89. The molecule has 1 spiro atoms. The molecular weight excluding hydrogens is 296 g/mol. The van der Waals surface area contributed by atoms with Gasteiger partial charge in [-0.15, -0.1) is 0 Å². The van der Waals surface area contributed by atoms with Crippen LogP contribution in [0.3, 0.4) is 0 Å². The molecule has 2 saturated heterocycles. The van der Waals surface area contributed by atoms with E-state index in [9.17, 15) is 10.1 Å². The van der Waals surface area contributed by atoms with Gasteiger partial charge < -0.3 is 15.0 Å². The highest BCUT2D eigenvalue weighted by atomic mass is 16.6. The topological polar surface area (TPSA) is 80.0 Å². The highest BCUT2D eigenvalue weighted by molar-refractivity contribution is 5.80. The average molecular weight is 318 g/mol. The monoisotopic (exact) mass is 318 g/mol. The Morgan fingerprint density at radius 2 is 2.39 bits per heavy atom. The second kappa shape index (κ2) is 6.54. The number of likely N-dealkylation sites (tertiary alicyclic amines) is 1. The number of nitrogens with one attached hydrogen (secondary N) is 1. The molecule has 1 aromatic rings. The summed E-state index contributed by atoms with van der Waals surface area (Å²) in [7, 11) is 1.77. The summed E-state index contributed by atoms with van der Waals surface area (Å²) in [6.07, 6.45) is 2.25. The van der Waals surface area contributed by atoms with E-state index in [4.69, 9.17) is 4.74 Å². The van der Waals surface area contributed by atoms with Crippen LogP contribution in [0.15, 0.2) is 29.3 Å². The van der Waals surface area contributed by atoms with Gasteiger partial charge in [0.25, 0.3) is 5.69 Å². The molecule has 0 radical (unpaired) electrons. The van der Waals surface area contributed by atoms with Crippen molar-refractivity contribution >= 4 is 11.6 Å². The molecule has 0 amide bonds. The molecule has 1 N–H and O–H groups in total. The van der Waals surface area contributed by atoms with Gasteiger partial charge in [0.1, 0.15) is 0 Å². The third-order valence-electron chi connectivity index (χ3n) is 4.71. The van der Waals surface area contributed by atoms with Crippen LogP contribution in [0.4, 0.5) is 5.69 Å². The Morgan fingerprint density at radius 1 is 1.52 bits per heavy atom. The largest absolute Gasteiger partial charge is 0.381 e. The van der Waals surface area contributed by atoms with Crippen LogP contribution in [0.1, 0.15) is 18.4 Å². The molecule has 3 rings (SSSR count). The van der Waals surface area contributed by atoms with E-state index in [-0.39, 0.29) is 16.0 Å². The van der Waals surface area contributed by atoms with Gasteiger partial charge in [-0.25, -0.2) is 0 Å². The van der Waals surface area contributed by atoms with Gasteiger partial charge >= 0.3 is 0 Å². The normalized spacial score (nSPS) is 24.4. The Kier molecular flexibility index (Phi) is 4.47. The van der Waals surface area contributed by atoms with Crippen molar-refractivity contribution in [3.8, 4) is 0 Å². The van der Waals surface area contributed by atoms with E-state index in [0.717, 1.165) is 50.7 Å². The summed E-state index contributed by atoms with van der Waals surface area (Å²) in [6.45, 7) is 4.15. The SMILES string of the molecule is CN=C(NCc1cccc([N+](=O)[O-])c1)N1CCC2(CCOC2)C1. The summed E-state index contributed by atoms with van der Waals surface area (Å²) in [5, 5.41) is 14.2. The number of hydrogen-bond donors (Lipinski definition) is 1. The first-order valence-corrected chi connectivity index (χ1v) is 7.89. The van der Waals surface area contributed by atoms with Gasteiger partial charge in [-0.3, -0.25) is 15.1 Å².